The van der Waals surface area contributed by atoms with Crippen LogP contribution in [0, 0.1) is 6.92 Å². The number of hydrogen-bond acceptors (Lipinski definition) is 3. The number of rotatable bonds is 8. The van der Waals surface area contributed by atoms with Crippen LogP contribution in [0.3, 0.4) is 0 Å². The van der Waals surface area contributed by atoms with Crippen LogP contribution in [0.1, 0.15) is 28.8 Å². The summed E-state index contributed by atoms with van der Waals surface area (Å²) in [5, 5.41) is 3.41. The van der Waals surface area contributed by atoms with Crippen molar-refractivity contribution in [1.29, 1.82) is 0 Å². The first-order chi connectivity index (χ1) is 19.6. The average molecular weight is 578 g/mol. The van der Waals surface area contributed by atoms with Gasteiger partial charge in [-0.1, -0.05) is 41.9 Å². The number of nitrogens with one attached hydrogen (secondary N) is 1. The van der Waals surface area contributed by atoms with Gasteiger partial charge in [0.05, 0.1) is 24.1 Å². The van der Waals surface area contributed by atoms with E-state index in [2.05, 4.69) is 5.32 Å². The zero-order valence-electron chi connectivity index (χ0n) is 22.4. The number of alkyl halides is 3. The minimum atomic E-state index is -4.44. The van der Waals surface area contributed by atoms with Crippen LogP contribution in [0.5, 0.6) is 5.75 Å². The molecule has 0 unspecified atom stereocenters. The standard InChI is InChI=1S/C32H27ClF3N3O2/c1-20-15-25(33)10-11-27(20)23-9-13-29-38-31(22-6-4-8-26(17-22)41-2)28(39(29)19-23)12-14-30(40)37-18-21-5-3-7-24(16-21)32(34,35)36/h3-11,13,15-17,19H,12,14,18H2,1-2H3,(H,37,40). The monoisotopic (exact) mass is 577 g/mol. The highest BCUT2D eigenvalue weighted by molar-refractivity contribution is 6.30. The zero-order chi connectivity index (χ0) is 29.1. The molecule has 0 atom stereocenters. The Morgan fingerprint density at radius 2 is 1.80 bits per heavy atom. The van der Waals surface area contributed by atoms with E-state index in [1.54, 1.807) is 13.2 Å². The van der Waals surface area contributed by atoms with Gasteiger partial charge in [-0.05, 0) is 84.1 Å². The predicted octanol–water partition coefficient (Wildman–Crippen LogP) is 7.91. The van der Waals surface area contributed by atoms with Gasteiger partial charge in [0.2, 0.25) is 5.91 Å². The number of aromatic nitrogens is 2. The molecule has 0 saturated carbocycles. The van der Waals surface area contributed by atoms with E-state index in [4.69, 9.17) is 21.3 Å². The molecule has 1 amide bonds. The molecule has 0 saturated heterocycles. The van der Waals surface area contributed by atoms with E-state index < -0.39 is 11.7 Å². The quantitative estimate of drug-likeness (QED) is 0.204. The maximum atomic E-state index is 13.1. The van der Waals surface area contributed by atoms with Crippen LogP contribution in [-0.4, -0.2) is 22.4 Å². The summed E-state index contributed by atoms with van der Waals surface area (Å²) in [7, 11) is 1.60. The van der Waals surface area contributed by atoms with Gasteiger partial charge in [-0.3, -0.25) is 4.79 Å². The number of carbonyl (C=O) groups is 1. The number of benzene rings is 3. The molecule has 41 heavy (non-hydrogen) atoms. The van der Waals surface area contributed by atoms with Gasteiger partial charge in [0.25, 0.3) is 0 Å². The van der Waals surface area contributed by atoms with Crippen LogP contribution < -0.4 is 10.1 Å². The highest BCUT2D eigenvalue weighted by Gasteiger charge is 2.30. The molecule has 5 aromatic rings. The number of hydrogen-bond donors (Lipinski definition) is 1. The molecule has 0 fully saturated rings. The smallest absolute Gasteiger partial charge is 0.416 e. The lowest BCUT2D eigenvalue weighted by Crippen LogP contribution is -2.23. The van der Waals surface area contributed by atoms with Gasteiger partial charge in [-0.25, -0.2) is 4.98 Å². The fourth-order valence-corrected chi connectivity index (χ4v) is 5.05. The summed E-state index contributed by atoms with van der Waals surface area (Å²) in [5.41, 5.74) is 5.77. The van der Waals surface area contributed by atoms with Crippen molar-refractivity contribution in [2.24, 2.45) is 0 Å². The van der Waals surface area contributed by atoms with Crippen LogP contribution in [-0.2, 0) is 23.9 Å². The third-order valence-electron chi connectivity index (χ3n) is 6.89. The number of methoxy groups -OCH3 is 1. The van der Waals surface area contributed by atoms with E-state index in [1.807, 2.05) is 72.1 Å². The molecule has 0 aliphatic rings. The Hall–Kier alpha value is -4.30. The minimum Gasteiger partial charge on any atom is -0.497 e. The molecule has 0 spiro atoms. The predicted molar refractivity (Wildman–Crippen MR) is 154 cm³/mol. The maximum Gasteiger partial charge on any atom is 0.416 e. The van der Waals surface area contributed by atoms with E-state index in [1.165, 1.54) is 6.07 Å². The van der Waals surface area contributed by atoms with Crippen molar-refractivity contribution in [2.45, 2.75) is 32.5 Å². The highest BCUT2D eigenvalue weighted by Crippen LogP contribution is 2.32. The Morgan fingerprint density at radius 3 is 2.56 bits per heavy atom. The molecule has 9 heteroatoms. The Bertz CT molecular complexity index is 1730. The van der Waals surface area contributed by atoms with Gasteiger partial charge in [-0.2, -0.15) is 13.2 Å². The molecule has 2 heterocycles. The largest absolute Gasteiger partial charge is 0.497 e. The molecule has 0 aliphatic heterocycles. The molecule has 0 radical (unpaired) electrons. The van der Waals surface area contributed by atoms with Crippen molar-refractivity contribution < 1.29 is 22.7 Å². The van der Waals surface area contributed by atoms with Gasteiger partial charge >= 0.3 is 6.18 Å². The summed E-state index contributed by atoms with van der Waals surface area (Å²) in [6.45, 7) is 2.00. The molecular formula is C32H27ClF3N3O2. The number of carbonyl (C=O) groups excluding carboxylic acids is 1. The van der Waals surface area contributed by atoms with Crippen LogP contribution in [0.15, 0.2) is 85.1 Å². The molecule has 2 aromatic heterocycles. The maximum absolute atomic E-state index is 13.1. The first kappa shape index (κ1) is 28.2. The second-order valence-electron chi connectivity index (χ2n) is 9.72. The lowest BCUT2D eigenvalue weighted by atomic mass is 10.0. The van der Waals surface area contributed by atoms with Gasteiger partial charge in [-0.15, -0.1) is 0 Å². The SMILES string of the molecule is COc1cccc(-c2nc3ccc(-c4ccc(Cl)cc4C)cn3c2CCC(=O)NCc2cccc(C(F)(F)F)c2)c1. The highest BCUT2D eigenvalue weighted by atomic mass is 35.5. The summed E-state index contributed by atoms with van der Waals surface area (Å²) in [6.07, 6.45) is -1.97. The number of aryl methyl sites for hydroxylation is 2. The Kier molecular flexibility index (Phi) is 8.03. The lowest BCUT2D eigenvalue weighted by Gasteiger charge is -2.11. The first-order valence-electron chi connectivity index (χ1n) is 13.0. The van der Waals surface area contributed by atoms with E-state index in [0.29, 0.717) is 22.8 Å². The summed E-state index contributed by atoms with van der Waals surface area (Å²) in [5.74, 6) is 0.403. The Labute approximate surface area is 240 Å². The van der Waals surface area contributed by atoms with E-state index in [9.17, 15) is 18.0 Å². The first-order valence-corrected chi connectivity index (χ1v) is 13.3. The lowest BCUT2D eigenvalue weighted by molar-refractivity contribution is -0.137. The number of ether oxygens (including phenoxy) is 1. The fraction of sp³-hybridized carbons (Fsp3) is 0.188. The van der Waals surface area contributed by atoms with Crippen LogP contribution in [0.25, 0.3) is 28.0 Å². The molecule has 1 N–H and O–H groups in total. The van der Waals surface area contributed by atoms with Gasteiger partial charge in [0.1, 0.15) is 11.4 Å². The van der Waals surface area contributed by atoms with E-state index >= 15 is 0 Å². The van der Waals surface area contributed by atoms with Crippen molar-refractivity contribution in [3.8, 4) is 28.1 Å². The molecule has 0 bridgehead atoms. The zero-order valence-corrected chi connectivity index (χ0v) is 23.2. The third kappa shape index (κ3) is 6.38. The van der Waals surface area contributed by atoms with E-state index in [-0.39, 0.29) is 18.9 Å². The van der Waals surface area contributed by atoms with Crippen LogP contribution in [0.2, 0.25) is 5.02 Å². The number of imidazole rings is 1. The van der Waals surface area contributed by atoms with Crippen molar-refractivity contribution in [1.82, 2.24) is 14.7 Å². The summed E-state index contributed by atoms with van der Waals surface area (Å²) < 4.78 is 46.6. The Balaban J connectivity index is 1.44. The normalized spacial score (nSPS) is 11.6. The molecule has 5 rings (SSSR count). The topological polar surface area (TPSA) is 55.6 Å². The van der Waals surface area contributed by atoms with Crippen LogP contribution in [0.4, 0.5) is 13.2 Å². The van der Waals surface area contributed by atoms with Gasteiger partial charge in [0, 0.05) is 29.7 Å². The Morgan fingerprint density at radius 1 is 1.00 bits per heavy atom. The summed E-state index contributed by atoms with van der Waals surface area (Å²) in [4.78, 5) is 17.7. The third-order valence-corrected chi connectivity index (χ3v) is 7.13. The average Bonchev–Trinajstić information content (AvgIpc) is 3.32. The molecular weight excluding hydrogens is 551 g/mol. The van der Waals surface area contributed by atoms with Gasteiger partial charge < -0.3 is 14.5 Å². The second kappa shape index (κ2) is 11.7. The number of pyridine rings is 1. The number of nitrogens with zero attached hydrogens (tertiary/aromatic N) is 2. The number of halogens is 4. The minimum absolute atomic E-state index is 0.00135. The number of fused-ring (bicyclic) bond motifs is 1. The summed E-state index contributed by atoms with van der Waals surface area (Å²) >= 11 is 6.17. The van der Waals surface area contributed by atoms with Crippen LogP contribution >= 0.6 is 11.6 Å². The molecule has 3 aromatic carbocycles. The summed E-state index contributed by atoms with van der Waals surface area (Å²) in [6, 6.07) is 22.2. The fourth-order valence-electron chi connectivity index (χ4n) is 4.82. The second-order valence-corrected chi connectivity index (χ2v) is 10.2. The van der Waals surface area contributed by atoms with Crippen molar-refractivity contribution >= 4 is 23.2 Å². The van der Waals surface area contributed by atoms with E-state index in [0.717, 1.165) is 51.4 Å². The molecule has 0 aliphatic carbocycles. The van der Waals surface area contributed by atoms with Crippen molar-refractivity contribution in [3.63, 3.8) is 0 Å². The molecule has 210 valence electrons. The van der Waals surface area contributed by atoms with Gasteiger partial charge in [0.15, 0.2) is 0 Å². The molecule has 5 nitrogen and oxygen atoms in total. The number of amides is 1. The van der Waals surface area contributed by atoms with Crippen molar-refractivity contribution in [3.05, 3.63) is 112 Å². The van der Waals surface area contributed by atoms with Crippen molar-refractivity contribution in [2.75, 3.05) is 7.11 Å².